The molecule has 0 bridgehead atoms. The normalized spacial score (nSPS) is 14.9. The van der Waals surface area contributed by atoms with Gasteiger partial charge in [0.1, 0.15) is 5.75 Å². The van der Waals surface area contributed by atoms with E-state index in [0.29, 0.717) is 12.0 Å². The Hall–Kier alpha value is -4.45. The van der Waals surface area contributed by atoms with Gasteiger partial charge in [0, 0.05) is 6.42 Å². The van der Waals surface area contributed by atoms with Gasteiger partial charge in [0.2, 0.25) is 0 Å². The maximum atomic E-state index is 13.3. The minimum absolute atomic E-state index is 0.320. The molecule has 186 valence electrons. The molecule has 4 aromatic carbocycles. The van der Waals surface area contributed by atoms with Crippen LogP contribution in [0.1, 0.15) is 45.1 Å². The maximum Gasteiger partial charge on any atom is 0.338 e. The maximum absolute atomic E-state index is 13.3. The summed E-state index contributed by atoms with van der Waals surface area (Å²) in [4.78, 5) is 26.0. The molecule has 5 rings (SSSR count). The van der Waals surface area contributed by atoms with Gasteiger partial charge in [0.15, 0.2) is 6.61 Å². The van der Waals surface area contributed by atoms with Crippen molar-refractivity contribution >= 4 is 28.4 Å². The van der Waals surface area contributed by atoms with Gasteiger partial charge >= 0.3 is 5.97 Å². The molecule has 0 spiro atoms. The quantitative estimate of drug-likeness (QED) is 0.310. The number of fused-ring (bicyclic) bond motifs is 1. The number of hydrazone groups is 1. The standard InChI is InChI=1S/C31H28N2O4/c1-20-8-15-27(21(2)16-20)31(35)37-19-30(34)33-29(23-11-13-26(36-3)14-12-23)18-28(32-33)25-10-9-22-6-4-5-7-24(22)17-25/h4-17,29H,18-19H2,1-3H3. The molecule has 4 aromatic rings. The number of carbonyl (C=O) groups excluding carboxylic acids is 2. The molecule has 0 N–H and O–H groups in total. The molecular weight excluding hydrogens is 464 g/mol. The first kappa shape index (κ1) is 24.3. The summed E-state index contributed by atoms with van der Waals surface area (Å²) in [5, 5.41) is 8.42. The lowest BCUT2D eigenvalue weighted by Gasteiger charge is -2.22. The molecule has 1 heterocycles. The predicted octanol–water partition coefficient (Wildman–Crippen LogP) is 6.00. The molecule has 0 aliphatic carbocycles. The van der Waals surface area contributed by atoms with Crippen LogP contribution in [0.25, 0.3) is 10.8 Å². The van der Waals surface area contributed by atoms with Gasteiger partial charge < -0.3 is 9.47 Å². The summed E-state index contributed by atoms with van der Waals surface area (Å²) in [6, 6.07) is 27.1. The van der Waals surface area contributed by atoms with E-state index in [1.807, 2.05) is 68.4 Å². The van der Waals surface area contributed by atoms with Gasteiger partial charge in [-0.1, -0.05) is 66.2 Å². The first-order valence-electron chi connectivity index (χ1n) is 12.2. The number of hydrogen-bond acceptors (Lipinski definition) is 5. The Bertz CT molecular complexity index is 1510. The Morgan fingerprint density at radius 3 is 2.41 bits per heavy atom. The van der Waals surface area contributed by atoms with Crippen LogP contribution in [0, 0.1) is 13.8 Å². The molecule has 1 amide bonds. The van der Waals surface area contributed by atoms with Crippen molar-refractivity contribution < 1.29 is 19.1 Å². The summed E-state index contributed by atoms with van der Waals surface area (Å²) in [6.07, 6.45) is 0.543. The lowest BCUT2D eigenvalue weighted by molar-refractivity contribution is -0.136. The van der Waals surface area contributed by atoms with Crippen LogP contribution in [0.2, 0.25) is 0 Å². The van der Waals surface area contributed by atoms with Crippen molar-refractivity contribution in [1.29, 1.82) is 0 Å². The molecule has 0 saturated carbocycles. The number of ether oxygens (including phenoxy) is 2. The van der Waals surface area contributed by atoms with Gasteiger partial charge in [0.25, 0.3) is 5.91 Å². The molecule has 6 nitrogen and oxygen atoms in total. The minimum Gasteiger partial charge on any atom is -0.497 e. The number of hydrogen-bond donors (Lipinski definition) is 0. The third kappa shape index (κ3) is 5.09. The number of aryl methyl sites for hydroxylation is 2. The second-order valence-corrected chi connectivity index (χ2v) is 9.23. The SMILES string of the molecule is COc1ccc(C2CC(c3ccc4ccccc4c3)=NN2C(=O)COC(=O)c2ccc(C)cc2C)cc1. The minimum atomic E-state index is -0.523. The number of rotatable bonds is 6. The smallest absolute Gasteiger partial charge is 0.338 e. The van der Waals surface area contributed by atoms with E-state index < -0.39 is 12.6 Å². The van der Waals surface area contributed by atoms with Crippen molar-refractivity contribution in [3.8, 4) is 5.75 Å². The summed E-state index contributed by atoms with van der Waals surface area (Å²) in [7, 11) is 1.62. The molecule has 1 aliphatic heterocycles. The molecule has 37 heavy (non-hydrogen) atoms. The second-order valence-electron chi connectivity index (χ2n) is 9.23. The van der Waals surface area contributed by atoms with Crippen molar-refractivity contribution in [2.75, 3.05) is 13.7 Å². The highest BCUT2D eigenvalue weighted by molar-refractivity contribution is 6.05. The van der Waals surface area contributed by atoms with Gasteiger partial charge in [-0.2, -0.15) is 5.10 Å². The van der Waals surface area contributed by atoms with Crippen LogP contribution >= 0.6 is 0 Å². The Morgan fingerprint density at radius 1 is 0.919 bits per heavy atom. The number of methoxy groups -OCH3 is 1. The van der Waals surface area contributed by atoms with E-state index in [1.165, 1.54) is 5.01 Å². The van der Waals surface area contributed by atoms with E-state index in [9.17, 15) is 9.59 Å². The topological polar surface area (TPSA) is 68.2 Å². The van der Waals surface area contributed by atoms with Gasteiger partial charge in [-0.05, 0) is 65.6 Å². The largest absolute Gasteiger partial charge is 0.497 e. The zero-order valence-corrected chi connectivity index (χ0v) is 21.1. The molecule has 0 radical (unpaired) electrons. The Balaban J connectivity index is 1.41. The third-order valence-electron chi connectivity index (χ3n) is 6.68. The number of amides is 1. The first-order valence-corrected chi connectivity index (χ1v) is 12.2. The number of nitrogens with zero attached hydrogens (tertiary/aromatic N) is 2. The Labute approximate surface area is 216 Å². The van der Waals surface area contributed by atoms with Crippen molar-refractivity contribution in [1.82, 2.24) is 5.01 Å². The fraction of sp³-hybridized carbons (Fsp3) is 0.194. The molecular formula is C31H28N2O4. The van der Waals surface area contributed by atoms with Crippen molar-refractivity contribution in [2.45, 2.75) is 26.3 Å². The Kier molecular flexibility index (Phi) is 6.73. The summed E-state index contributed by atoms with van der Waals surface area (Å²) in [5.74, 6) is -0.169. The third-order valence-corrected chi connectivity index (χ3v) is 6.68. The first-order chi connectivity index (χ1) is 17.9. The van der Waals surface area contributed by atoms with Crippen LogP contribution in [0.5, 0.6) is 5.75 Å². The van der Waals surface area contributed by atoms with Crippen molar-refractivity contribution in [3.05, 3.63) is 113 Å². The zero-order valence-electron chi connectivity index (χ0n) is 21.1. The average Bonchev–Trinajstić information content (AvgIpc) is 3.37. The van der Waals surface area contributed by atoms with E-state index in [4.69, 9.17) is 14.6 Å². The van der Waals surface area contributed by atoms with Gasteiger partial charge in [-0.15, -0.1) is 0 Å². The number of esters is 1. The molecule has 1 aliphatic rings. The van der Waals surface area contributed by atoms with Crippen LogP contribution < -0.4 is 4.74 Å². The van der Waals surface area contributed by atoms with Gasteiger partial charge in [0.05, 0.1) is 24.4 Å². The van der Waals surface area contributed by atoms with E-state index in [-0.39, 0.29) is 11.9 Å². The Morgan fingerprint density at radius 2 is 1.68 bits per heavy atom. The van der Waals surface area contributed by atoms with Crippen LogP contribution in [-0.2, 0) is 9.53 Å². The highest BCUT2D eigenvalue weighted by Crippen LogP contribution is 2.34. The van der Waals surface area contributed by atoms with Crippen LogP contribution in [0.3, 0.4) is 0 Å². The van der Waals surface area contributed by atoms with E-state index in [2.05, 4.69) is 24.3 Å². The molecule has 6 heteroatoms. The van der Waals surface area contributed by atoms with Crippen LogP contribution in [-0.4, -0.2) is 36.3 Å². The molecule has 1 unspecified atom stereocenters. The summed E-state index contributed by atoms with van der Waals surface area (Å²) >= 11 is 0. The lowest BCUT2D eigenvalue weighted by atomic mass is 9.97. The molecule has 0 fully saturated rings. The zero-order chi connectivity index (χ0) is 25.9. The number of benzene rings is 4. The highest BCUT2D eigenvalue weighted by Gasteiger charge is 2.33. The second kappa shape index (κ2) is 10.3. The van der Waals surface area contributed by atoms with Gasteiger partial charge in [-0.25, -0.2) is 9.80 Å². The summed E-state index contributed by atoms with van der Waals surface area (Å²) in [6.45, 7) is 3.42. The number of carbonyl (C=O) groups is 2. The molecule has 0 saturated heterocycles. The average molecular weight is 493 g/mol. The van der Waals surface area contributed by atoms with Crippen LogP contribution in [0.15, 0.2) is 90.0 Å². The monoisotopic (exact) mass is 492 g/mol. The van der Waals surface area contributed by atoms with Crippen molar-refractivity contribution in [2.24, 2.45) is 5.10 Å². The fourth-order valence-electron chi connectivity index (χ4n) is 4.68. The van der Waals surface area contributed by atoms with E-state index in [0.717, 1.165) is 44.5 Å². The lowest BCUT2D eigenvalue weighted by Crippen LogP contribution is -2.31. The highest BCUT2D eigenvalue weighted by atomic mass is 16.5. The van der Waals surface area contributed by atoms with Crippen molar-refractivity contribution in [3.63, 3.8) is 0 Å². The van der Waals surface area contributed by atoms with E-state index in [1.54, 1.807) is 13.2 Å². The van der Waals surface area contributed by atoms with Crippen LogP contribution in [0.4, 0.5) is 0 Å². The predicted molar refractivity (Wildman–Crippen MR) is 144 cm³/mol. The van der Waals surface area contributed by atoms with Gasteiger partial charge in [-0.3, -0.25) is 4.79 Å². The summed E-state index contributed by atoms with van der Waals surface area (Å²) in [5.41, 5.74) is 5.01. The molecule has 1 atom stereocenters. The van der Waals surface area contributed by atoms with E-state index >= 15 is 0 Å². The molecule has 0 aromatic heterocycles. The fourth-order valence-corrected chi connectivity index (χ4v) is 4.68. The summed E-state index contributed by atoms with van der Waals surface area (Å²) < 4.78 is 10.7.